The number of aromatic nitrogens is 2. The van der Waals surface area contributed by atoms with E-state index in [-0.39, 0.29) is 22.8 Å². The number of carbonyl (C=O) groups is 2. The Morgan fingerprint density at radius 2 is 1.94 bits per heavy atom. The molecule has 1 saturated heterocycles. The van der Waals surface area contributed by atoms with Crippen LogP contribution in [0.1, 0.15) is 16.8 Å². The number of carbonyl (C=O) groups excluding carboxylic acids is 2. The highest BCUT2D eigenvalue weighted by Crippen LogP contribution is 2.21. The molecule has 0 bridgehead atoms. The van der Waals surface area contributed by atoms with Crippen LogP contribution < -0.4 is 10.6 Å². The van der Waals surface area contributed by atoms with Crippen molar-refractivity contribution < 1.29 is 18.0 Å². The molecule has 2 aromatic carbocycles. The van der Waals surface area contributed by atoms with Gasteiger partial charge in [0.2, 0.25) is 11.9 Å². The summed E-state index contributed by atoms with van der Waals surface area (Å²) in [6, 6.07) is 11.4. The fraction of sp³-hybridized carbons (Fsp3) is 0.217. The smallest absolute Gasteiger partial charge is 0.253 e. The van der Waals surface area contributed by atoms with E-state index in [1.165, 1.54) is 18.2 Å². The number of benzene rings is 2. The van der Waals surface area contributed by atoms with E-state index in [4.69, 9.17) is 0 Å². The average Bonchev–Trinajstić information content (AvgIpc) is 3.26. The van der Waals surface area contributed by atoms with Crippen LogP contribution in [0.5, 0.6) is 0 Å². The first-order valence-electron chi connectivity index (χ1n) is 10.3. The maximum absolute atomic E-state index is 12.8. The molecule has 9 nitrogen and oxygen atoms in total. The predicted octanol–water partition coefficient (Wildman–Crippen LogP) is 2.48. The van der Waals surface area contributed by atoms with Gasteiger partial charge in [-0.2, -0.15) is 0 Å². The molecule has 33 heavy (non-hydrogen) atoms. The van der Waals surface area contributed by atoms with Gasteiger partial charge in [0.15, 0.2) is 9.84 Å². The van der Waals surface area contributed by atoms with E-state index in [0.29, 0.717) is 35.8 Å². The summed E-state index contributed by atoms with van der Waals surface area (Å²) in [5.41, 5.74) is 1.65. The number of fused-ring (bicyclic) bond motifs is 1. The molecule has 0 radical (unpaired) electrons. The van der Waals surface area contributed by atoms with Crippen LogP contribution in [0, 0.1) is 0 Å². The third kappa shape index (κ3) is 5.17. The third-order valence-electron chi connectivity index (χ3n) is 5.38. The predicted molar refractivity (Wildman–Crippen MR) is 126 cm³/mol. The average molecular weight is 466 g/mol. The third-order valence-corrected chi connectivity index (χ3v) is 6.49. The van der Waals surface area contributed by atoms with E-state index >= 15 is 0 Å². The molecule has 3 aromatic rings. The van der Waals surface area contributed by atoms with E-state index in [0.717, 1.165) is 18.1 Å². The van der Waals surface area contributed by atoms with Gasteiger partial charge in [-0.05, 0) is 55.0 Å². The second kappa shape index (κ2) is 8.99. The van der Waals surface area contributed by atoms with Crippen LogP contribution in [-0.4, -0.2) is 60.5 Å². The standard InChI is InChI=1S/C23H23N5O4S/c1-3-21(29)25-17-7-4-15(5-8-17)22(30)28-11-10-18(14-28)26-23-24-13-16-6-9-19(33(2,31)32)12-20(16)27-23/h3-9,12-13,18H,1,10-11,14H2,2H3,(H,25,29)(H,24,26,27)/t18-/m0/s1. The zero-order chi connectivity index (χ0) is 23.6. The minimum atomic E-state index is -3.33. The second-order valence-electron chi connectivity index (χ2n) is 7.84. The molecule has 1 atom stereocenters. The van der Waals surface area contributed by atoms with Crippen molar-refractivity contribution in [2.24, 2.45) is 0 Å². The zero-order valence-electron chi connectivity index (χ0n) is 18.0. The van der Waals surface area contributed by atoms with Crippen LogP contribution in [0.3, 0.4) is 0 Å². The minimum Gasteiger partial charge on any atom is -0.350 e. The first-order chi connectivity index (χ1) is 15.7. The number of anilines is 2. The van der Waals surface area contributed by atoms with Crippen LogP contribution in [0.15, 0.2) is 66.2 Å². The molecule has 2 N–H and O–H groups in total. The summed E-state index contributed by atoms with van der Waals surface area (Å²) in [7, 11) is -3.33. The van der Waals surface area contributed by atoms with Crippen molar-refractivity contribution in [1.29, 1.82) is 0 Å². The van der Waals surface area contributed by atoms with Gasteiger partial charge < -0.3 is 15.5 Å². The van der Waals surface area contributed by atoms with Crippen molar-refractivity contribution in [2.45, 2.75) is 17.4 Å². The number of nitrogens with zero attached hydrogens (tertiary/aromatic N) is 3. The molecule has 0 unspecified atom stereocenters. The zero-order valence-corrected chi connectivity index (χ0v) is 18.8. The Kier molecular flexibility index (Phi) is 6.10. The van der Waals surface area contributed by atoms with Crippen LogP contribution in [0.2, 0.25) is 0 Å². The van der Waals surface area contributed by atoms with E-state index in [2.05, 4.69) is 27.2 Å². The molecule has 1 aliphatic heterocycles. The molecule has 1 fully saturated rings. The SMILES string of the molecule is C=CC(=O)Nc1ccc(C(=O)N2CC[C@H](Nc3ncc4ccc(S(C)(=O)=O)cc4n3)C2)cc1. The van der Waals surface area contributed by atoms with Crippen molar-refractivity contribution >= 4 is 44.2 Å². The summed E-state index contributed by atoms with van der Waals surface area (Å²) in [5, 5.41) is 6.63. The van der Waals surface area contributed by atoms with Gasteiger partial charge in [0.05, 0.1) is 10.4 Å². The van der Waals surface area contributed by atoms with E-state index in [1.807, 2.05) is 0 Å². The molecule has 1 aliphatic rings. The fourth-order valence-corrected chi connectivity index (χ4v) is 4.26. The molecule has 2 amide bonds. The first kappa shape index (κ1) is 22.4. The van der Waals surface area contributed by atoms with Crippen molar-refractivity contribution in [2.75, 3.05) is 30.0 Å². The van der Waals surface area contributed by atoms with Crippen molar-refractivity contribution in [3.63, 3.8) is 0 Å². The quantitative estimate of drug-likeness (QED) is 0.537. The maximum Gasteiger partial charge on any atom is 0.253 e. The highest BCUT2D eigenvalue weighted by Gasteiger charge is 2.27. The Hall–Kier alpha value is -3.79. The molecule has 0 saturated carbocycles. The summed E-state index contributed by atoms with van der Waals surface area (Å²) in [6.07, 6.45) is 4.70. The molecule has 170 valence electrons. The van der Waals surface area contributed by atoms with Crippen LogP contribution in [-0.2, 0) is 14.6 Å². The summed E-state index contributed by atoms with van der Waals surface area (Å²) < 4.78 is 23.6. The van der Waals surface area contributed by atoms with Gasteiger partial charge in [-0.25, -0.2) is 18.4 Å². The Bertz CT molecular complexity index is 1340. The van der Waals surface area contributed by atoms with Gasteiger partial charge in [-0.3, -0.25) is 9.59 Å². The van der Waals surface area contributed by atoms with Gasteiger partial charge >= 0.3 is 0 Å². The highest BCUT2D eigenvalue weighted by atomic mass is 32.2. The summed E-state index contributed by atoms with van der Waals surface area (Å²) >= 11 is 0. The van der Waals surface area contributed by atoms with Crippen LogP contribution >= 0.6 is 0 Å². The lowest BCUT2D eigenvalue weighted by Gasteiger charge is -2.17. The molecule has 1 aromatic heterocycles. The normalized spacial score (nSPS) is 15.9. The fourth-order valence-electron chi connectivity index (χ4n) is 3.62. The number of hydrogen-bond donors (Lipinski definition) is 2. The number of hydrogen-bond acceptors (Lipinski definition) is 7. The first-order valence-corrected chi connectivity index (χ1v) is 12.2. The number of nitrogens with one attached hydrogen (secondary N) is 2. The molecule has 10 heteroatoms. The van der Waals surface area contributed by atoms with E-state index < -0.39 is 9.84 Å². The number of likely N-dealkylation sites (tertiary alicyclic amines) is 1. The lowest BCUT2D eigenvalue weighted by atomic mass is 10.2. The Morgan fingerprint density at radius 1 is 1.18 bits per heavy atom. The van der Waals surface area contributed by atoms with Crippen molar-refractivity contribution in [3.8, 4) is 0 Å². The number of amides is 2. The van der Waals surface area contributed by atoms with Gasteiger partial charge in [0.25, 0.3) is 5.91 Å². The molecule has 4 rings (SSSR count). The largest absolute Gasteiger partial charge is 0.350 e. The molecular weight excluding hydrogens is 442 g/mol. The maximum atomic E-state index is 12.8. The molecule has 0 spiro atoms. The Labute approximate surface area is 191 Å². The van der Waals surface area contributed by atoms with E-state index in [9.17, 15) is 18.0 Å². The van der Waals surface area contributed by atoms with Gasteiger partial charge in [0, 0.05) is 48.2 Å². The topological polar surface area (TPSA) is 121 Å². The lowest BCUT2D eigenvalue weighted by molar-refractivity contribution is -0.111. The van der Waals surface area contributed by atoms with Gasteiger partial charge in [0.1, 0.15) is 0 Å². The second-order valence-corrected chi connectivity index (χ2v) is 9.85. The number of rotatable bonds is 6. The molecule has 0 aliphatic carbocycles. The van der Waals surface area contributed by atoms with E-state index in [1.54, 1.807) is 41.4 Å². The summed E-state index contributed by atoms with van der Waals surface area (Å²) in [6.45, 7) is 4.47. The number of sulfone groups is 1. The highest BCUT2D eigenvalue weighted by molar-refractivity contribution is 7.90. The summed E-state index contributed by atoms with van der Waals surface area (Å²) in [5.74, 6) is -0.0288. The lowest BCUT2D eigenvalue weighted by Crippen LogP contribution is -2.31. The monoisotopic (exact) mass is 465 g/mol. The molecular formula is C23H23N5O4S. The van der Waals surface area contributed by atoms with Crippen molar-refractivity contribution in [3.05, 3.63) is 66.9 Å². The molecule has 2 heterocycles. The van der Waals surface area contributed by atoms with Crippen molar-refractivity contribution in [1.82, 2.24) is 14.9 Å². The van der Waals surface area contributed by atoms with Crippen LogP contribution in [0.25, 0.3) is 10.9 Å². The van der Waals surface area contributed by atoms with Crippen LogP contribution in [0.4, 0.5) is 11.6 Å². The van der Waals surface area contributed by atoms with Gasteiger partial charge in [-0.15, -0.1) is 0 Å². The Morgan fingerprint density at radius 3 is 2.64 bits per heavy atom. The minimum absolute atomic E-state index is 0.0318. The van der Waals surface area contributed by atoms with Gasteiger partial charge in [-0.1, -0.05) is 6.58 Å². The Balaban J connectivity index is 1.41. The summed E-state index contributed by atoms with van der Waals surface area (Å²) in [4.78, 5) is 34.9.